The summed E-state index contributed by atoms with van der Waals surface area (Å²) in [6.07, 6.45) is 4.18. The van der Waals surface area contributed by atoms with E-state index in [4.69, 9.17) is 4.74 Å². The maximum atomic E-state index is 11.9. The fourth-order valence-corrected chi connectivity index (χ4v) is 2.97. The lowest BCUT2D eigenvalue weighted by Crippen LogP contribution is -2.49. The van der Waals surface area contributed by atoms with Crippen LogP contribution in [-0.2, 0) is 22.5 Å². The van der Waals surface area contributed by atoms with Crippen LogP contribution in [0.4, 0.5) is 0 Å². The zero-order valence-corrected chi connectivity index (χ0v) is 14.5. The fourth-order valence-electron chi connectivity index (χ4n) is 2.97. The van der Waals surface area contributed by atoms with Crippen LogP contribution in [0.1, 0.15) is 25.1 Å². The molecule has 0 saturated heterocycles. The number of β-amino-alcohol motifs (C(OH)–C–C–N with tert-alkyl or cyclic N) is 1. The predicted octanol–water partition coefficient (Wildman–Crippen LogP) is 1.21. The van der Waals surface area contributed by atoms with Gasteiger partial charge in [0.25, 0.3) is 0 Å². The van der Waals surface area contributed by atoms with E-state index in [1.165, 1.54) is 6.92 Å². The van der Waals surface area contributed by atoms with Gasteiger partial charge in [0, 0.05) is 44.0 Å². The molecule has 1 atom stereocenters. The van der Waals surface area contributed by atoms with Crippen molar-refractivity contribution in [3.8, 4) is 11.3 Å². The number of hydrogen-bond donors (Lipinski definition) is 1. The van der Waals surface area contributed by atoms with E-state index in [-0.39, 0.29) is 13.2 Å². The number of aliphatic hydroxyl groups is 1. The summed E-state index contributed by atoms with van der Waals surface area (Å²) in [6, 6.07) is 5.80. The molecule has 0 saturated carbocycles. The van der Waals surface area contributed by atoms with Crippen LogP contribution < -0.4 is 0 Å². The Balaban J connectivity index is 1.75. The Kier molecular flexibility index (Phi) is 5.06. The minimum absolute atomic E-state index is 0.220. The van der Waals surface area contributed by atoms with Gasteiger partial charge in [-0.2, -0.15) is 10.2 Å². The second kappa shape index (κ2) is 7.25. The van der Waals surface area contributed by atoms with Gasteiger partial charge in [-0.3, -0.25) is 9.88 Å². The van der Waals surface area contributed by atoms with Crippen molar-refractivity contribution < 1.29 is 14.6 Å². The molecular formula is C18H22N4O3. The Hall–Kier alpha value is -2.38. The summed E-state index contributed by atoms with van der Waals surface area (Å²) in [5, 5.41) is 19.0. The van der Waals surface area contributed by atoms with Crippen LogP contribution >= 0.6 is 0 Å². The molecule has 2 aromatic rings. The third-order valence-corrected chi connectivity index (χ3v) is 4.24. The summed E-state index contributed by atoms with van der Waals surface area (Å²) >= 11 is 0. The third kappa shape index (κ3) is 4.00. The number of pyridine rings is 1. The van der Waals surface area contributed by atoms with Gasteiger partial charge in [0.2, 0.25) is 0 Å². The molecule has 0 fully saturated rings. The van der Waals surface area contributed by atoms with Gasteiger partial charge < -0.3 is 9.84 Å². The van der Waals surface area contributed by atoms with Crippen LogP contribution in [0.5, 0.6) is 0 Å². The monoisotopic (exact) mass is 342 g/mol. The van der Waals surface area contributed by atoms with E-state index >= 15 is 0 Å². The van der Waals surface area contributed by atoms with Crippen molar-refractivity contribution in [2.75, 3.05) is 19.7 Å². The molecule has 0 amide bonds. The number of carbonyl (C=O) groups excluding carboxylic acids is 1. The topological polar surface area (TPSA) is 88.4 Å². The Labute approximate surface area is 146 Å². The molecule has 7 nitrogen and oxygen atoms in total. The number of carbonyl (C=O) groups is 1. The van der Waals surface area contributed by atoms with Crippen LogP contribution in [0.15, 0.2) is 30.6 Å². The Morgan fingerprint density at radius 1 is 1.36 bits per heavy atom. The maximum Gasteiger partial charge on any atom is 0.339 e. The van der Waals surface area contributed by atoms with Gasteiger partial charge in [0.15, 0.2) is 5.60 Å². The highest BCUT2D eigenvalue weighted by Crippen LogP contribution is 2.23. The van der Waals surface area contributed by atoms with Crippen molar-refractivity contribution in [1.82, 2.24) is 20.1 Å². The highest BCUT2D eigenvalue weighted by Gasteiger charge is 2.35. The summed E-state index contributed by atoms with van der Waals surface area (Å²) in [6.45, 7) is 5.02. The van der Waals surface area contributed by atoms with Crippen molar-refractivity contribution in [3.63, 3.8) is 0 Å². The standard InChI is InChI=1S/C18H22N4O3/c1-3-25-17(23)18(2,24)12-22-9-6-15-14(11-22)10-16(21-20-15)13-4-7-19-8-5-13/h4-5,7-8,10,24H,3,6,9,11-12H2,1-2H3. The van der Waals surface area contributed by atoms with Gasteiger partial charge >= 0.3 is 5.97 Å². The van der Waals surface area contributed by atoms with Crippen LogP contribution in [-0.4, -0.2) is 56.5 Å². The maximum absolute atomic E-state index is 11.9. The quantitative estimate of drug-likeness (QED) is 0.817. The molecule has 2 aromatic heterocycles. The van der Waals surface area contributed by atoms with E-state index in [0.717, 1.165) is 28.9 Å². The lowest BCUT2D eigenvalue weighted by atomic mass is 10.0. The van der Waals surface area contributed by atoms with Crippen molar-refractivity contribution in [1.29, 1.82) is 0 Å². The SMILES string of the molecule is CCOC(=O)C(C)(O)CN1CCc2nnc(-c3ccncc3)cc2C1. The average Bonchev–Trinajstić information content (AvgIpc) is 2.61. The molecule has 0 radical (unpaired) electrons. The lowest BCUT2D eigenvalue weighted by Gasteiger charge is -2.33. The van der Waals surface area contributed by atoms with Crippen LogP contribution in [0.3, 0.4) is 0 Å². The molecule has 3 rings (SSSR count). The number of ether oxygens (including phenoxy) is 1. The van der Waals surface area contributed by atoms with E-state index in [1.807, 2.05) is 23.1 Å². The van der Waals surface area contributed by atoms with E-state index in [9.17, 15) is 9.90 Å². The largest absolute Gasteiger partial charge is 0.464 e. The fraction of sp³-hybridized carbons (Fsp3) is 0.444. The van der Waals surface area contributed by atoms with Crippen molar-refractivity contribution in [3.05, 3.63) is 41.9 Å². The van der Waals surface area contributed by atoms with Gasteiger partial charge in [-0.1, -0.05) is 0 Å². The molecule has 0 bridgehead atoms. The molecule has 1 N–H and O–H groups in total. The van der Waals surface area contributed by atoms with Gasteiger partial charge in [-0.15, -0.1) is 0 Å². The number of rotatable bonds is 5. The summed E-state index contributed by atoms with van der Waals surface area (Å²) < 4.78 is 4.95. The van der Waals surface area contributed by atoms with Crippen LogP contribution in [0.2, 0.25) is 0 Å². The molecule has 1 unspecified atom stereocenters. The number of aromatic nitrogens is 3. The van der Waals surface area contributed by atoms with Crippen molar-refractivity contribution in [2.45, 2.75) is 32.4 Å². The highest BCUT2D eigenvalue weighted by atomic mass is 16.5. The first-order chi connectivity index (χ1) is 12.0. The molecule has 0 spiro atoms. The summed E-state index contributed by atoms with van der Waals surface area (Å²) in [5.41, 5.74) is 2.25. The van der Waals surface area contributed by atoms with Crippen LogP contribution in [0, 0.1) is 0 Å². The molecule has 3 heterocycles. The molecule has 7 heteroatoms. The van der Waals surface area contributed by atoms with Gasteiger partial charge in [-0.05, 0) is 37.6 Å². The van der Waals surface area contributed by atoms with E-state index in [1.54, 1.807) is 19.3 Å². The Bertz CT molecular complexity index is 749. The molecule has 0 aliphatic carbocycles. The zero-order chi connectivity index (χ0) is 17.9. The minimum Gasteiger partial charge on any atom is -0.464 e. The number of nitrogens with zero attached hydrogens (tertiary/aromatic N) is 4. The van der Waals surface area contributed by atoms with Crippen LogP contribution in [0.25, 0.3) is 11.3 Å². The molecule has 0 aromatic carbocycles. The van der Waals surface area contributed by atoms with E-state index in [2.05, 4.69) is 15.2 Å². The Morgan fingerprint density at radius 3 is 2.84 bits per heavy atom. The molecular weight excluding hydrogens is 320 g/mol. The predicted molar refractivity (Wildman–Crippen MR) is 91.5 cm³/mol. The zero-order valence-electron chi connectivity index (χ0n) is 14.5. The van der Waals surface area contributed by atoms with Gasteiger partial charge in [-0.25, -0.2) is 4.79 Å². The number of hydrogen-bond acceptors (Lipinski definition) is 7. The Morgan fingerprint density at radius 2 is 2.12 bits per heavy atom. The lowest BCUT2D eigenvalue weighted by molar-refractivity contribution is -0.165. The minimum atomic E-state index is -1.53. The van der Waals surface area contributed by atoms with E-state index < -0.39 is 11.6 Å². The van der Waals surface area contributed by atoms with Crippen molar-refractivity contribution in [2.24, 2.45) is 0 Å². The summed E-state index contributed by atoms with van der Waals surface area (Å²) in [7, 11) is 0. The normalized spacial score (nSPS) is 16.8. The van der Waals surface area contributed by atoms with Gasteiger partial charge in [0.05, 0.1) is 18.0 Å². The molecule has 1 aliphatic rings. The van der Waals surface area contributed by atoms with E-state index in [0.29, 0.717) is 13.1 Å². The summed E-state index contributed by atoms with van der Waals surface area (Å²) in [4.78, 5) is 17.9. The van der Waals surface area contributed by atoms with Crippen molar-refractivity contribution >= 4 is 5.97 Å². The molecule has 25 heavy (non-hydrogen) atoms. The smallest absolute Gasteiger partial charge is 0.339 e. The van der Waals surface area contributed by atoms with Gasteiger partial charge in [0.1, 0.15) is 0 Å². The number of esters is 1. The third-order valence-electron chi connectivity index (χ3n) is 4.24. The number of fused-ring (bicyclic) bond motifs is 1. The molecule has 1 aliphatic heterocycles. The summed E-state index contributed by atoms with van der Waals surface area (Å²) in [5.74, 6) is -0.592. The first kappa shape index (κ1) is 17.4. The highest BCUT2D eigenvalue weighted by molar-refractivity contribution is 5.79. The molecule has 132 valence electrons. The first-order valence-electron chi connectivity index (χ1n) is 8.37. The second-order valence-electron chi connectivity index (χ2n) is 6.39. The average molecular weight is 342 g/mol. The first-order valence-corrected chi connectivity index (χ1v) is 8.37. The second-order valence-corrected chi connectivity index (χ2v) is 6.39.